The molecule has 0 bridgehead atoms. The first-order chi connectivity index (χ1) is 22.7. The van der Waals surface area contributed by atoms with Gasteiger partial charge in [0.25, 0.3) is 0 Å². The van der Waals surface area contributed by atoms with Gasteiger partial charge in [-0.2, -0.15) is 0 Å². The van der Waals surface area contributed by atoms with Gasteiger partial charge in [0, 0.05) is 55.7 Å². The standard InChI is InChI=1S/C25H41N5.C7H8.C4H10.C2H5N.CH4N2/c1-20(17-26)29-25(16-23-12-8-7-9-13-23)21(2)28-19-24(18-27-4)22(3)30-14-10-5-6-11-15-30;1-7-5-3-2-4-6-7;1-3-4-2;1-2-3;2-1-3/h7-9,12-13,24-25,27-29H,1-3,5-6,10-11,14-19,26H2,4H3;2-6H,1H3;3-4H2,1-2H3;2H,1,3H2;1H,(H3,2,3). The summed E-state index contributed by atoms with van der Waals surface area (Å²) in [5.74, 6) is 0.319. The third-order valence-electron chi connectivity index (χ3n) is 7.28. The lowest BCUT2D eigenvalue weighted by Gasteiger charge is -2.32. The Morgan fingerprint density at radius 1 is 0.894 bits per heavy atom. The fraction of sp³-hybridized carbons (Fsp3) is 0.462. The Morgan fingerprint density at radius 3 is 1.79 bits per heavy atom. The number of likely N-dealkylation sites (tertiary alicyclic amines) is 1. The second-order valence-electron chi connectivity index (χ2n) is 11.3. The first-order valence-corrected chi connectivity index (χ1v) is 16.9. The van der Waals surface area contributed by atoms with E-state index in [4.69, 9.17) is 11.1 Å². The molecule has 10 N–H and O–H groups in total. The van der Waals surface area contributed by atoms with Crippen molar-refractivity contribution in [2.24, 2.45) is 23.1 Å². The second kappa shape index (κ2) is 32.0. The highest BCUT2D eigenvalue weighted by atomic mass is 15.1. The minimum Gasteiger partial charge on any atom is -0.405 e. The smallest absolute Gasteiger partial charge is 0.0765 e. The maximum atomic E-state index is 5.86. The van der Waals surface area contributed by atoms with Crippen LogP contribution in [-0.2, 0) is 6.42 Å². The Labute approximate surface area is 288 Å². The molecule has 47 heavy (non-hydrogen) atoms. The van der Waals surface area contributed by atoms with E-state index in [9.17, 15) is 0 Å². The Kier molecular flexibility index (Phi) is 30.7. The molecule has 2 atom stereocenters. The van der Waals surface area contributed by atoms with Crippen LogP contribution < -0.4 is 33.2 Å². The molecule has 8 nitrogen and oxygen atoms in total. The van der Waals surface area contributed by atoms with Crippen LogP contribution in [0.5, 0.6) is 0 Å². The topological polar surface area (TPSA) is 141 Å². The average Bonchev–Trinajstić information content (AvgIpc) is 3.38. The summed E-state index contributed by atoms with van der Waals surface area (Å²) in [4.78, 5) is 2.48. The summed E-state index contributed by atoms with van der Waals surface area (Å²) >= 11 is 0. The molecule has 264 valence electrons. The summed E-state index contributed by atoms with van der Waals surface area (Å²) in [5, 5.41) is 16.2. The van der Waals surface area contributed by atoms with E-state index in [-0.39, 0.29) is 6.04 Å². The number of rotatable bonds is 14. The van der Waals surface area contributed by atoms with Crippen LogP contribution in [0, 0.1) is 18.3 Å². The summed E-state index contributed by atoms with van der Waals surface area (Å²) in [6, 6.07) is 20.7. The second-order valence-corrected chi connectivity index (χ2v) is 11.3. The van der Waals surface area contributed by atoms with Crippen molar-refractivity contribution in [3.8, 4) is 0 Å². The van der Waals surface area contributed by atoms with Crippen LogP contribution in [-0.4, -0.2) is 57.1 Å². The molecule has 0 aliphatic carbocycles. The van der Waals surface area contributed by atoms with E-state index in [1.165, 1.54) is 61.5 Å². The highest BCUT2D eigenvalue weighted by molar-refractivity contribution is 5.46. The molecular formula is C39H68N8. The van der Waals surface area contributed by atoms with Crippen molar-refractivity contribution in [2.75, 3.05) is 39.8 Å². The van der Waals surface area contributed by atoms with Gasteiger partial charge in [-0.25, -0.2) is 0 Å². The minimum absolute atomic E-state index is 0.0325. The number of unbranched alkanes of at least 4 members (excludes halogenated alkanes) is 1. The molecule has 0 saturated carbocycles. The van der Waals surface area contributed by atoms with Crippen LogP contribution in [0.3, 0.4) is 0 Å². The lowest BCUT2D eigenvalue weighted by atomic mass is 10.0. The molecule has 0 spiro atoms. The van der Waals surface area contributed by atoms with E-state index in [0.717, 1.165) is 50.3 Å². The van der Waals surface area contributed by atoms with Gasteiger partial charge in [0.05, 0.1) is 12.4 Å². The zero-order valence-electron chi connectivity index (χ0n) is 30.1. The maximum absolute atomic E-state index is 5.86. The van der Waals surface area contributed by atoms with Gasteiger partial charge in [-0.1, -0.05) is 132 Å². The summed E-state index contributed by atoms with van der Waals surface area (Å²) in [6.45, 7) is 26.7. The molecule has 1 aliphatic rings. The minimum atomic E-state index is 0.0325. The average molecular weight is 649 g/mol. The van der Waals surface area contributed by atoms with Crippen molar-refractivity contribution in [1.82, 2.24) is 20.9 Å². The normalized spacial score (nSPS) is 12.8. The van der Waals surface area contributed by atoms with Crippen LogP contribution in [0.2, 0.25) is 0 Å². The molecule has 1 fully saturated rings. The Hall–Kier alpha value is -4.01. The van der Waals surface area contributed by atoms with Gasteiger partial charge in [-0.05, 0) is 45.0 Å². The third kappa shape index (κ3) is 24.8. The first-order valence-electron chi connectivity index (χ1n) is 16.9. The van der Waals surface area contributed by atoms with Crippen molar-refractivity contribution < 1.29 is 0 Å². The van der Waals surface area contributed by atoms with E-state index < -0.39 is 0 Å². The van der Waals surface area contributed by atoms with Crippen molar-refractivity contribution in [3.05, 3.63) is 121 Å². The van der Waals surface area contributed by atoms with E-state index in [0.29, 0.717) is 12.5 Å². The molecule has 1 saturated heterocycles. The molecule has 2 aromatic carbocycles. The molecule has 0 aromatic heterocycles. The van der Waals surface area contributed by atoms with Gasteiger partial charge in [0.15, 0.2) is 0 Å². The number of nitrogens with two attached hydrogens (primary N) is 3. The number of hydrogen-bond acceptors (Lipinski definition) is 7. The van der Waals surface area contributed by atoms with E-state index >= 15 is 0 Å². The van der Waals surface area contributed by atoms with Crippen LogP contribution in [0.25, 0.3) is 0 Å². The SMILES string of the molecule is C=C(CN)NC(Cc1ccccc1)C(=C)NCC(CNC)C(=C)N1CCCCCC1.C=CN.CCCC.Cc1ccccc1.N=CN. The zero-order chi connectivity index (χ0) is 35.7. The summed E-state index contributed by atoms with van der Waals surface area (Å²) < 4.78 is 0. The van der Waals surface area contributed by atoms with Crippen molar-refractivity contribution in [2.45, 2.75) is 71.8 Å². The van der Waals surface area contributed by atoms with Crippen LogP contribution in [0.1, 0.15) is 63.5 Å². The summed E-state index contributed by atoms with van der Waals surface area (Å²) in [6.07, 6.45) is 10.6. The highest BCUT2D eigenvalue weighted by Gasteiger charge is 2.21. The number of hydrogen-bond donors (Lipinski definition) is 7. The Morgan fingerprint density at radius 2 is 1.38 bits per heavy atom. The predicted octanol–water partition coefficient (Wildman–Crippen LogP) is 6.43. The van der Waals surface area contributed by atoms with E-state index in [2.05, 4.69) is 116 Å². The molecule has 1 heterocycles. The van der Waals surface area contributed by atoms with Gasteiger partial charge in [0.1, 0.15) is 0 Å². The fourth-order valence-electron chi connectivity index (χ4n) is 4.50. The van der Waals surface area contributed by atoms with Gasteiger partial charge >= 0.3 is 0 Å². The summed E-state index contributed by atoms with van der Waals surface area (Å²) in [5.41, 5.74) is 20.4. The molecule has 0 amide bonds. The molecule has 8 heteroatoms. The molecule has 3 rings (SSSR count). The first kappa shape index (κ1) is 45.1. The third-order valence-corrected chi connectivity index (χ3v) is 7.28. The number of nitrogens with zero attached hydrogens (tertiary/aromatic N) is 1. The largest absolute Gasteiger partial charge is 0.405 e. The lowest BCUT2D eigenvalue weighted by molar-refractivity contribution is 0.306. The zero-order valence-corrected chi connectivity index (χ0v) is 30.1. The lowest BCUT2D eigenvalue weighted by Crippen LogP contribution is -2.42. The van der Waals surface area contributed by atoms with Crippen LogP contribution in [0.15, 0.2) is 110 Å². The van der Waals surface area contributed by atoms with Gasteiger partial charge in [0.2, 0.25) is 0 Å². The van der Waals surface area contributed by atoms with Gasteiger partial charge < -0.3 is 38.1 Å². The van der Waals surface area contributed by atoms with Crippen molar-refractivity contribution in [1.29, 1.82) is 5.41 Å². The molecular weight excluding hydrogens is 580 g/mol. The quantitative estimate of drug-likeness (QED) is 0.0925. The highest BCUT2D eigenvalue weighted by Crippen LogP contribution is 2.20. The van der Waals surface area contributed by atoms with Gasteiger partial charge in [-0.3, -0.25) is 5.41 Å². The number of benzene rings is 2. The van der Waals surface area contributed by atoms with E-state index in [1.54, 1.807) is 0 Å². The van der Waals surface area contributed by atoms with Crippen LogP contribution in [0.4, 0.5) is 0 Å². The Bertz CT molecular complexity index is 1040. The molecule has 1 aliphatic heterocycles. The fourth-order valence-corrected chi connectivity index (χ4v) is 4.50. The van der Waals surface area contributed by atoms with E-state index in [1.807, 2.05) is 31.3 Å². The predicted molar refractivity (Wildman–Crippen MR) is 208 cm³/mol. The number of nitrogens with one attached hydrogen (secondary N) is 4. The maximum Gasteiger partial charge on any atom is 0.0765 e. The summed E-state index contributed by atoms with van der Waals surface area (Å²) in [7, 11) is 2.00. The molecule has 0 radical (unpaired) electrons. The van der Waals surface area contributed by atoms with Crippen molar-refractivity contribution >= 4 is 6.34 Å². The molecule has 2 unspecified atom stereocenters. The monoisotopic (exact) mass is 649 g/mol. The van der Waals surface area contributed by atoms with Crippen LogP contribution >= 0.6 is 0 Å². The van der Waals surface area contributed by atoms with Gasteiger partial charge in [-0.15, -0.1) is 0 Å². The number of aryl methyl sites for hydroxylation is 1. The Balaban J connectivity index is 0. The molecule has 2 aromatic rings. The van der Waals surface area contributed by atoms with Crippen molar-refractivity contribution in [3.63, 3.8) is 0 Å².